The van der Waals surface area contributed by atoms with Crippen molar-refractivity contribution in [1.29, 1.82) is 0 Å². The minimum Gasteiger partial charge on any atom is -0.348 e. The van der Waals surface area contributed by atoms with Crippen molar-refractivity contribution < 1.29 is 4.79 Å². The highest BCUT2D eigenvalue weighted by Crippen LogP contribution is 2.59. The monoisotopic (exact) mass is 584 g/mol. The second kappa shape index (κ2) is 9.64. The maximum Gasteiger partial charge on any atom is 0.250 e. The molecule has 5 atom stereocenters. The molecule has 2 fully saturated rings. The first-order chi connectivity index (χ1) is 15.8. The largest absolute Gasteiger partial charge is 0.348 e. The third kappa shape index (κ3) is 5.35. The Morgan fingerprint density at radius 2 is 1.91 bits per heavy atom. The highest BCUT2D eigenvalue weighted by Gasteiger charge is 2.61. The maximum atomic E-state index is 13.0. The van der Waals surface area contributed by atoms with Gasteiger partial charge in [0, 0.05) is 37.3 Å². The molecule has 4 rings (SSSR count). The minimum atomic E-state index is -1.85. The van der Waals surface area contributed by atoms with Gasteiger partial charge in [-0.25, -0.2) is 0 Å². The number of nitrogens with zero attached hydrogens (tertiary/aromatic N) is 2. The highest BCUT2D eigenvalue weighted by molar-refractivity contribution is 7.80. The van der Waals surface area contributed by atoms with Crippen LogP contribution < -0.4 is 16.2 Å². The molecule has 2 aliphatic heterocycles. The molecule has 6 nitrogen and oxygen atoms in total. The van der Waals surface area contributed by atoms with E-state index in [4.69, 9.17) is 70.2 Å². The van der Waals surface area contributed by atoms with Gasteiger partial charge >= 0.3 is 0 Å². The minimum absolute atomic E-state index is 0.0203. The molecule has 1 saturated carbocycles. The molecule has 1 aromatic heterocycles. The molecule has 2 bridgehead atoms. The van der Waals surface area contributed by atoms with Crippen molar-refractivity contribution in [3.63, 3.8) is 0 Å². The molecule has 0 radical (unpaired) electrons. The lowest BCUT2D eigenvalue weighted by atomic mass is 9.83. The summed E-state index contributed by atoms with van der Waals surface area (Å²) in [6, 6.07) is 5.37. The zero-order valence-electron chi connectivity index (χ0n) is 18.5. The van der Waals surface area contributed by atoms with E-state index in [0.717, 1.165) is 12.1 Å². The van der Waals surface area contributed by atoms with Gasteiger partial charge in [0.05, 0.1) is 5.92 Å². The van der Waals surface area contributed by atoms with Crippen molar-refractivity contribution in [2.24, 2.45) is 23.2 Å². The Bertz CT molecular complexity index is 1080. The van der Waals surface area contributed by atoms with Gasteiger partial charge in [0.2, 0.25) is 9.70 Å². The fraction of sp³-hybridized carbons (Fsp3) is 0.591. The van der Waals surface area contributed by atoms with E-state index in [2.05, 4.69) is 10.6 Å². The highest BCUT2D eigenvalue weighted by atomic mass is 35.6. The summed E-state index contributed by atoms with van der Waals surface area (Å²) in [6.07, 6.45) is 1.61. The Hall–Kier alpha value is -0.700. The number of rotatable bonds is 4. The van der Waals surface area contributed by atoms with Crippen LogP contribution >= 0.6 is 70.2 Å². The van der Waals surface area contributed by atoms with Crippen molar-refractivity contribution in [1.82, 2.24) is 20.1 Å². The number of carbonyl (C=O) groups is 1. The van der Waals surface area contributed by atoms with Crippen LogP contribution in [0, 0.1) is 23.2 Å². The first kappa shape index (κ1) is 26.4. The molecule has 186 valence electrons. The summed E-state index contributed by atoms with van der Waals surface area (Å²) in [5.74, 6) is -0.329. The number of alkyl halides is 3. The van der Waals surface area contributed by atoms with E-state index >= 15 is 0 Å². The van der Waals surface area contributed by atoms with Gasteiger partial charge in [0.15, 0.2) is 5.11 Å². The van der Waals surface area contributed by atoms with Crippen LogP contribution in [0.1, 0.15) is 31.9 Å². The van der Waals surface area contributed by atoms with Crippen molar-refractivity contribution in [3.8, 4) is 0 Å². The molecule has 1 aliphatic carbocycles. The summed E-state index contributed by atoms with van der Waals surface area (Å²) in [6.45, 7) is 5.84. The van der Waals surface area contributed by atoms with Crippen LogP contribution in [-0.2, 0) is 11.3 Å². The number of allylic oxidation sites excluding steroid dienone is 1. The summed E-state index contributed by atoms with van der Waals surface area (Å²) in [5.41, 5.74) is 0.704. The zero-order chi connectivity index (χ0) is 25.0. The lowest BCUT2D eigenvalue weighted by Crippen LogP contribution is -2.60. The smallest absolute Gasteiger partial charge is 0.250 e. The van der Waals surface area contributed by atoms with Gasteiger partial charge < -0.3 is 20.1 Å². The number of likely N-dealkylation sites (tertiary alicyclic amines) is 1. The zero-order valence-corrected chi connectivity index (χ0v) is 23.1. The van der Waals surface area contributed by atoms with Gasteiger partial charge in [0.1, 0.15) is 10.7 Å². The van der Waals surface area contributed by atoms with Crippen LogP contribution in [0.15, 0.2) is 33.6 Å². The van der Waals surface area contributed by atoms with E-state index in [1.807, 2.05) is 29.4 Å². The summed E-state index contributed by atoms with van der Waals surface area (Å²) in [4.78, 5) is 27.3. The first-order valence-corrected chi connectivity index (χ1v) is 13.2. The number of pyridine rings is 1. The lowest BCUT2D eigenvalue weighted by Gasteiger charge is -2.44. The normalized spacial score (nSPS) is 27.8. The number of amides is 1. The standard InChI is InChI=1S/C22H25Cl5N4O2S/c1-21(2)13(7-15(23)24)17(21)18(33)28-19(22(25,26)27)29-20(34)30-8-11-6-12(10-30)14-4-3-5-16(32)31(14)9-11/h3-5,7,11-13,17,19H,6,8-10H2,1-2H3,(H,28,33)(H,29,34)/t11-,12-,13+,17-,19-/m1/s1. The Morgan fingerprint density at radius 1 is 1.21 bits per heavy atom. The summed E-state index contributed by atoms with van der Waals surface area (Å²) in [5, 5.41) is 6.22. The van der Waals surface area contributed by atoms with Gasteiger partial charge in [-0.3, -0.25) is 9.59 Å². The molecular formula is C22H25Cl5N4O2S. The molecular weight excluding hydrogens is 562 g/mol. The molecule has 0 unspecified atom stereocenters. The fourth-order valence-electron chi connectivity index (χ4n) is 5.33. The lowest BCUT2D eigenvalue weighted by molar-refractivity contribution is -0.123. The van der Waals surface area contributed by atoms with Gasteiger partial charge in [-0.2, -0.15) is 0 Å². The predicted octanol–water partition coefficient (Wildman–Crippen LogP) is 4.55. The third-order valence-electron chi connectivity index (χ3n) is 7.15. The number of nitrogens with one attached hydrogen (secondary N) is 2. The third-order valence-corrected chi connectivity index (χ3v) is 8.43. The second-order valence-electron chi connectivity index (χ2n) is 9.82. The van der Waals surface area contributed by atoms with Crippen molar-refractivity contribution in [2.75, 3.05) is 13.1 Å². The van der Waals surface area contributed by atoms with Gasteiger partial charge in [-0.05, 0) is 48.0 Å². The van der Waals surface area contributed by atoms with E-state index in [-0.39, 0.29) is 45.0 Å². The Balaban J connectivity index is 1.45. The molecule has 1 saturated heterocycles. The number of carbonyl (C=O) groups excluding carboxylic acids is 1. The number of hydrogen-bond acceptors (Lipinski definition) is 3. The molecule has 3 heterocycles. The van der Waals surface area contributed by atoms with Crippen LogP contribution in [0.2, 0.25) is 0 Å². The van der Waals surface area contributed by atoms with Gasteiger partial charge in [0.25, 0.3) is 5.56 Å². The molecule has 2 N–H and O–H groups in total. The Labute approximate surface area is 228 Å². The second-order valence-corrected chi connectivity index (χ2v) is 13.6. The number of aromatic nitrogens is 1. The summed E-state index contributed by atoms with van der Waals surface area (Å²) in [7, 11) is 0. The Kier molecular flexibility index (Phi) is 7.47. The van der Waals surface area contributed by atoms with Crippen LogP contribution in [0.5, 0.6) is 0 Å². The predicted molar refractivity (Wildman–Crippen MR) is 142 cm³/mol. The van der Waals surface area contributed by atoms with Crippen LogP contribution in [0.25, 0.3) is 0 Å². The summed E-state index contributed by atoms with van der Waals surface area (Å²) < 4.78 is 0.122. The topological polar surface area (TPSA) is 66.4 Å². The van der Waals surface area contributed by atoms with Crippen molar-refractivity contribution >= 4 is 81.2 Å². The molecule has 1 aromatic rings. The summed E-state index contributed by atoms with van der Waals surface area (Å²) >= 11 is 35.9. The number of thiocarbonyl (C=S) groups is 1. The van der Waals surface area contributed by atoms with Gasteiger partial charge in [-0.15, -0.1) is 0 Å². The van der Waals surface area contributed by atoms with Crippen molar-refractivity contribution in [3.05, 3.63) is 44.8 Å². The molecule has 0 spiro atoms. The van der Waals surface area contributed by atoms with E-state index in [9.17, 15) is 9.59 Å². The maximum absolute atomic E-state index is 13.0. The SMILES string of the molecule is CC1(C)[C@@H](C=C(Cl)Cl)[C@@H]1C(=O)N[C@H](NC(=S)N1C[C@H]2C[C@H](C1)c1cccc(=O)n1C2)C(Cl)(Cl)Cl. The van der Waals surface area contributed by atoms with Crippen LogP contribution in [0.4, 0.5) is 0 Å². The van der Waals surface area contributed by atoms with Crippen molar-refractivity contribution in [2.45, 2.75) is 42.7 Å². The van der Waals surface area contributed by atoms with E-state index in [1.54, 1.807) is 18.2 Å². The Morgan fingerprint density at radius 3 is 2.56 bits per heavy atom. The first-order valence-electron chi connectivity index (χ1n) is 10.9. The van der Waals surface area contributed by atoms with E-state index < -0.39 is 9.96 Å². The van der Waals surface area contributed by atoms with Gasteiger partial charge in [-0.1, -0.05) is 77.9 Å². The molecule has 1 amide bonds. The number of halogens is 5. The quantitative estimate of drug-likeness (QED) is 0.308. The average molecular weight is 587 g/mol. The van der Waals surface area contributed by atoms with Crippen LogP contribution in [-0.4, -0.2) is 43.5 Å². The number of hydrogen-bond donors (Lipinski definition) is 2. The molecule has 3 aliphatic rings. The van der Waals surface area contributed by atoms with E-state index in [0.29, 0.717) is 24.7 Å². The molecule has 34 heavy (non-hydrogen) atoms. The number of fused-ring (bicyclic) bond motifs is 4. The average Bonchev–Trinajstić information content (AvgIpc) is 3.26. The molecule has 0 aromatic carbocycles. The molecule has 12 heteroatoms. The fourth-order valence-corrected chi connectivity index (χ4v) is 6.20. The van der Waals surface area contributed by atoms with E-state index in [1.165, 1.54) is 0 Å². The van der Waals surface area contributed by atoms with Crippen LogP contribution in [0.3, 0.4) is 0 Å². The number of piperidine rings is 1.